The van der Waals surface area contributed by atoms with Crippen LogP contribution in [0, 0.1) is 15.5 Å². The van der Waals surface area contributed by atoms with Crippen LogP contribution in [0.15, 0.2) is 24.3 Å². The van der Waals surface area contributed by atoms with Crippen LogP contribution in [0.4, 0.5) is 5.69 Å². The van der Waals surface area contributed by atoms with Crippen molar-refractivity contribution in [1.29, 1.82) is 5.41 Å². The van der Waals surface area contributed by atoms with Crippen molar-refractivity contribution in [2.24, 2.45) is 0 Å². The van der Waals surface area contributed by atoms with Crippen LogP contribution in [-0.4, -0.2) is 42.0 Å². The topological polar surface area (TPSA) is 79.5 Å². The van der Waals surface area contributed by atoms with Crippen LogP contribution < -0.4 is 0 Å². The number of hydrogen-bond acceptors (Lipinski definition) is 4. The third kappa shape index (κ3) is 2.42. The van der Waals surface area contributed by atoms with E-state index < -0.39 is 4.92 Å². The second kappa shape index (κ2) is 4.92. The zero-order valence-electron chi connectivity index (χ0n) is 9.26. The zero-order chi connectivity index (χ0) is 12.3. The number of nitro benzene ring substituents is 1. The molecule has 1 saturated heterocycles. The highest BCUT2D eigenvalue weighted by Crippen LogP contribution is 2.19. The first-order valence-electron chi connectivity index (χ1n) is 5.35. The summed E-state index contributed by atoms with van der Waals surface area (Å²) < 4.78 is 5.19. The monoisotopic (exact) mass is 235 g/mol. The van der Waals surface area contributed by atoms with Crippen molar-refractivity contribution in [3.05, 3.63) is 39.9 Å². The lowest BCUT2D eigenvalue weighted by Gasteiger charge is -2.28. The Labute approximate surface area is 98.5 Å². The van der Waals surface area contributed by atoms with E-state index in [9.17, 15) is 10.1 Å². The summed E-state index contributed by atoms with van der Waals surface area (Å²) in [6.07, 6.45) is 0. The summed E-state index contributed by atoms with van der Waals surface area (Å²) in [6, 6.07) is 6.34. The Morgan fingerprint density at radius 1 is 1.35 bits per heavy atom. The summed E-state index contributed by atoms with van der Waals surface area (Å²) in [5.41, 5.74) is 0.336. The fraction of sp³-hybridized carbons (Fsp3) is 0.364. The largest absolute Gasteiger partial charge is 0.378 e. The number of nitro groups is 1. The van der Waals surface area contributed by atoms with Gasteiger partial charge in [-0.15, -0.1) is 0 Å². The van der Waals surface area contributed by atoms with Gasteiger partial charge in [-0.1, -0.05) is 12.1 Å². The Bertz CT molecular complexity index is 441. The minimum Gasteiger partial charge on any atom is -0.378 e. The molecule has 1 aromatic carbocycles. The van der Waals surface area contributed by atoms with Gasteiger partial charge in [0.1, 0.15) is 5.84 Å². The number of nitrogens with one attached hydrogen (secondary N) is 1. The van der Waals surface area contributed by atoms with Crippen LogP contribution in [0.1, 0.15) is 5.56 Å². The highest BCUT2D eigenvalue weighted by atomic mass is 16.6. The molecule has 6 nitrogen and oxygen atoms in total. The van der Waals surface area contributed by atoms with Crippen molar-refractivity contribution in [2.75, 3.05) is 26.3 Å². The van der Waals surface area contributed by atoms with Gasteiger partial charge in [-0.2, -0.15) is 0 Å². The molecule has 1 aliphatic heterocycles. The molecule has 1 N–H and O–H groups in total. The third-order valence-corrected chi connectivity index (χ3v) is 2.68. The maximum Gasteiger partial charge on any atom is 0.280 e. The van der Waals surface area contributed by atoms with E-state index in [0.717, 1.165) is 0 Å². The van der Waals surface area contributed by atoms with E-state index in [1.54, 1.807) is 23.1 Å². The van der Waals surface area contributed by atoms with Crippen molar-refractivity contribution in [1.82, 2.24) is 4.90 Å². The lowest BCUT2D eigenvalue weighted by atomic mass is 10.1. The average Bonchev–Trinajstić information content (AvgIpc) is 2.39. The first kappa shape index (κ1) is 11.5. The molecule has 0 unspecified atom stereocenters. The number of hydrogen-bond donors (Lipinski definition) is 1. The van der Waals surface area contributed by atoms with Gasteiger partial charge in [0.05, 0.1) is 23.7 Å². The van der Waals surface area contributed by atoms with Crippen molar-refractivity contribution in [2.45, 2.75) is 0 Å². The first-order valence-corrected chi connectivity index (χ1v) is 5.35. The molecule has 0 saturated carbocycles. The third-order valence-electron chi connectivity index (χ3n) is 2.68. The average molecular weight is 235 g/mol. The van der Waals surface area contributed by atoms with Crippen LogP contribution >= 0.6 is 0 Å². The smallest absolute Gasteiger partial charge is 0.280 e. The second-order valence-corrected chi connectivity index (χ2v) is 3.72. The minimum atomic E-state index is -0.454. The molecule has 17 heavy (non-hydrogen) atoms. The van der Waals surface area contributed by atoms with Gasteiger partial charge < -0.3 is 9.64 Å². The van der Waals surface area contributed by atoms with E-state index in [2.05, 4.69) is 0 Å². The summed E-state index contributed by atoms with van der Waals surface area (Å²) in [6.45, 7) is 2.32. The quantitative estimate of drug-likeness (QED) is 0.362. The molecule has 0 aromatic heterocycles. The predicted molar refractivity (Wildman–Crippen MR) is 62.3 cm³/mol. The molecule has 0 aliphatic carbocycles. The normalized spacial score (nSPS) is 15.6. The predicted octanol–water partition coefficient (Wildman–Crippen LogP) is 1.25. The molecular formula is C11H13N3O3. The van der Waals surface area contributed by atoms with E-state index in [-0.39, 0.29) is 11.5 Å². The molecule has 0 bridgehead atoms. The molecule has 1 aromatic rings. The van der Waals surface area contributed by atoms with Crippen LogP contribution in [0.3, 0.4) is 0 Å². The lowest BCUT2D eigenvalue weighted by Crippen LogP contribution is -2.40. The maximum absolute atomic E-state index is 10.9. The molecule has 0 radical (unpaired) electrons. The number of amidine groups is 1. The van der Waals surface area contributed by atoms with Crippen LogP contribution in [0.2, 0.25) is 0 Å². The SMILES string of the molecule is N=C(c1ccccc1[N+](=O)[O-])N1CCOCC1. The Kier molecular flexibility index (Phi) is 3.34. The molecule has 1 fully saturated rings. The number of para-hydroxylation sites is 1. The van der Waals surface area contributed by atoms with Gasteiger partial charge in [-0.3, -0.25) is 15.5 Å². The highest BCUT2D eigenvalue weighted by Gasteiger charge is 2.22. The van der Waals surface area contributed by atoms with Crippen molar-refractivity contribution in [3.8, 4) is 0 Å². The van der Waals surface area contributed by atoms with Gasteiger partial charge >= 0.3 is 0 Å². The number of ether oxygens (including phenoxy) is 1. The Morgan fingerprint density at radius 2 is 2.00 bits per heavy atom. The molecule has 1 heterocycles. The van der Waals surface area contributed by atoms with Gasteiger partial charge in [0.2, 0.25) is 0 Å². The fourth-order valence-electron chi connectivity index (χ4n) is 1.79. The van der Waals surface area contributed by atoms with E-state index in [0.29, 0.717) is 31.9 Å². The Balaban J connectivity index is 2.26. The van der Waals surface area contributed by atoms with Gasteiger partial charge in [0, 0.05) is 19.2 Å². The summed E-state index contributed by atoms with van der Waals surface area (Å²) in [4.78, 5) is 12.2. The second-order valence-electron chi connectivity index (χ2n) is 3.72. The Morgan fingerprint density at radius 3 is 2.65 bits per heavy atom. The molecule has 1 aliphatic rings. The molecule has 6 heteroatoms. The lowest BCUT2D eigenvalue weighted by molar-refractivity contribution is -0.385. The van der Waals surface area contributed by atoms with Crippen molar-refractivity contribution < 1.29 is 9.66 Å². The Hall–Kier alpha value is -1.95. The van der Waals surface area contributed by atoms with E-state index in [1.165, 1.54) is 6.07 Å². The van der Waals surface area contributed by atoms with E-state index in [1.807, 2.05) is 0 Å². The zero-order valence-corrected chi connectivity index (χ0v) is 9.26. The molecule has 2 rings (SSSR count). The van der Waals surface area contributed by atoms with Gasteiger partial charge in [0.15, 0.2) is 0 Å². The number of benzene rings is 1. The van der Waals surface area contributed by atoms with Crippen LogP contribution in [0.25, 0.3) is 0 Å². The standard InChI is InChI=1S/C11H13N3O3/c12-11(13-5-7-17-8-6-13)9-3-1-2-4-10(9)14(15)16/h1-4,12H,5-8H2. The first-order chi connectivity index (χ1) is 8.20. The van der Waals surface area contributed by atoms with Crippen molar-refractivity contribution in [3.63, 3.8) is 0 Å². The van der Waals surface area contributed by atoms with Crippen LogP contribution in [-0.2, 0) is 4.74 Å². The molecule has 0 amide bonds. The summed E-state index contributed by atoms with van der Waals surface area (Å²) >= 11 is 0. The summed E-state index contributed by atoms with van der Waals surface area (Å²) in [7, 11) is 0. The minimum absolute atomic E-state index is 0.0241. The molecule has 0 atom stereocenters. The van der Waals surface area contributed by atoms with Gasteiger partial charge in [-0.25, -0.2) is 0 Å². The summed E-state index contributed by atoms with van der Waals surface area (Å²) in [5, 5.41) is 18.9. The highest BCUT2D eigenvalue weighted by molar-refractivity contribution is 6.00. The number of rotatable bonds is 2. The van der Waals surface area contributed by atoms with E-state index in [4.69, 9.17) is 10.1 Å². The molecule has 90 valence electrons. The molecular weight excluding hydrogens is 222 g/mol. The van der Waals surface area contributed by atoms with Gasteiger partial charge in [-0.05, 0) is 6.07 Å². The number of morpholine rings is 1. The van der Waals surface area contributed by atoms with Crippen LogP contribution in [0.5, 0.6) is 0 Å². The van der Waals surface area contributed by atoms with E-state index >= 15 is 0 Å². The maximum atomic E-state index is 10.9. The number of nitrogens with zero attached hydrogens (tertiary/aromatic N) is 2. The van der Waals surface area contributed by atoms with Gasteiger partial charge in [0.25, 0.3) is 5.69 Å². The van der Waals surface area contributed by atoms with Crippen molar-refractivity contribution >= 4 is 11.5 Å². The molecule has 0 spiro atoms. The summed E-state index contributed by atoms with van der Waals surface area (Å²) in [5.74, 6) is 0.195. The fourth-order valence-corrected chi connectivity index (χ4v) is 1.79.